The van der Waals surface area contributed by atoms with Gasteiger partial charge in [0.2, 0.25) is 0 Å². The number of allylic oxidation sites excluding steroid dienone is 1. The summed E-state index contributed by atoms with van der Waals surface area (Å²) in [5.74, 6) is 0. The molecule has 0 unspecified atom stereocenters. The maximum Gasteiger partial charge on any atom is 0.416 e. The van der Waals surface area contributed by atoms with Crippen molar-refractivity contribution in [3.05, 3.63) is 76.4 Å². The number of alkyl halides is 6. The Morgan fingerprint density at radius 2 is 1.54 bits per heavy atom. The van der Waals surface area contributed by atoms with Crippen molar-refractivity contribution in [2.45, 2.75) is 32.5 Å². The summed E-state index contributed by atoms with van der Waals surface area (Å²) in [6.07, 6.45) is -8.13. The van der Waals surface area contributed by atoms with E-state index in [-0.39, 0.29) is 24.8 Å². The fraction of sp³-hybridized carbons (Fsp3) is 0.300. The van der Waals surface area contributed by atoms with Gasteiger partial charge >= 0.3 is 12.4 Å². The van der Waals surface area contributed by atoms with Crippen molar-refractivity contribution in [2.24, 2.45) is 0 Å². The Balaban J connectivity index is 2.12. The second-order valence-corrected chi connectivity index (χ2v) is 6.13. The van der Waals surface area contributed by atoms with Crippen molar-refractivity contribution < 1.29 is 36.2 Å². The molecule has 0 saturated heterocycles. The third-order valence-corrected chi connectivity index (χ3v) is 4.04. The highest BCUT2D eigenvalue weighted by Gasteiger charge is 2.36. The van der Waals surface area contributed by atoms with Crippen molar-refractivity contribution in [2.75, 3.05) is 6.61 Å². The highest BCUT2D eigenvalue weighted by molar-refractivity contribution is 5.66. The number of benzene rings is 2. The summed E-state index contributed by atoms with van der Waals surface area (Å²) >= 11 is 0. The van der Waals surface area contributed by atoms with E-state index in [1.165, 1.54) is 0 Å². The van der Waals surface area contributed by atoms with Crippen LogP contribution in [0.15, 0.2) is 48.5 Å². The molecule has 152 valence electrons. The van der Waals surface area contributed by atoms with Gasteiger partial charge in [0.15, 0.2) is 0 Å². The first-order chi connectivity index (χ1) is 13.0. The molecule has 0 bridgehead atoms. The fourth-order valence-electron chi connectivity index (χ4n) is 2.62. The molecule has 0 saturated carbocycles. The Hall–Kier alpha value is -2.32. The second kappa shape index (κ2) is 8.79. The van der Waals surface area contributed by atoms with E-state index in [4.69, 9.17) is 4.74 Å². The first kappa shape index (κ1) is 22.0. The maximum atomic E-state index is 12.9. The number of aliphatic hydroxyl groups excluding tert-OH is 1. The van der Waals surface area contributed by atoms with E-state index in [9.17, 15) is 31.4 Å². The zero-order chi connectivity index (χ0) is 20.9. The van der Waals surface area contributed by atoms with Crippen LogP contribution in [0.1, 0.15) is 34.7 Å². The lowest BCUT2D eigenvalue weighted by molar-refractivity contribution is -0.143. The standard InChI is InChI=1S/C20H18F6O2/c1-13(18-5-3-2-4-15(18)11-27)6-7-28-12-14-8-16(19(21,22)23)10-17(9-14)20(24,25)26/h2-6,8-10,27H,7,11-12H2,1H3. The lowest BCUT2D eigenvalue weighted by atomic mass is 10.0. The molecule has 28 heavy (non-hydrogen) atoms. The molecule has 0 atom stereocenters. The van der Waals surface area contributed by atoms with Crippen molar-refractivity contribution in [3.63, 3.8) is 0 Å². The molecule has 2 nitrogen and oxygen atoms in total. The molecule has 0 spiro atoms. The zero-order valence-corrected chi connectivity index (χ0v) is 14.9. The molecule has 0 aromatic heterocycles. The molecule has 2 rings (SSSR count). The number of hydrogen-bond acceptors (Lipinski definition) is 2. The molecule has 2 aromatic carbocycles. The van der Waals surface area contributed by atoms with Gasteiger partial charge in [-0.05, 0) is 47.4 Å². The number of rotatable bonds is 6. The summed E-state index contributed by atoms with van der Waals surface area (Å²) in [6, 6.07) is 8.46. The van der Waals surface area contributed by atoms with Crippen molar-refractivity contribution in [1.82, 2.24) is 0 Å². The first-order valence-electron chi connectivity index (χ1n) is 8.24. The van der Waals surface area contributed by atoms with Gasteiger partial charge in [-0.3, -0.25) is 0 Å². The minimum absolute atomic E-state index is 0.0107. The Morgan fingerprint density at radius 1 is 0.964 bits per heavy atom. The van der Waals surface area contributed by atoms with Crippen LogP contribution in [0.4, 0.5) is 26.3 Å². The lowest BCUT2D eigenvalue weighted by Gasteiger charge is -2.14. The van der Waals surface area contributed by atoms with Crippen LogP contribution in [0, 0.1) is 0 Å². The zero-order valence-electron chi connectivity index (χ0n) is 14.9. The van der Waals surface area contributed by atoms with Crippen LogP contribution in [-0.4, -0.2) is 11.7 Å². The molecule has 8 heteroatoms. The number of ether oxygens (including phenoxy) is 1. The molecule has 0 aliphatic carbocycles. The summed E-state index contributed by atoms with van der Waals surface area (Å²) < 4.78 is 82.4. The molecule has 2 aromatic rings. The van der Waals surface area contributed by atoms with Gasteiger partial charge in [-0.25, -0.2) is 0 Å². The quantitative estimate of drug-likeness (QED) is 0.484. The summed E-state index contributed by atoms with van der Waals surface area (Å²) in [7, 11) is 0. The summed E-state index contributed by atoms with van der Waals surface area (Å²) in [5, 5.41) is 9.33. The smallest absolute Gasteiger partial charge is 0.392 e. The van der Waals surface area contributed by atoms with Crippen LogP contribution in [0.2, 0.25) is 0 Å². The Labute approximate surface area is 158 Å². The molecule has 0 heterocycles. The predicted octanol–water partition coefficient (Wildman–Crippen LogP) is 5.84. The molecule has 0 aliphatic heterocycles. The maximum absolute atomic E-state index is 12.9. The third-order valence-electron chi connectivity index (χ3n) is 4.04. The van der Waals surface area contributed by atoms with E-state index in [2.05, 4.69) is 0 Å². The van der Waals surface area contributed by atoms with Gasteiger partial charge in [-0.15, -0.1) is 0 Å². The molecular weight excluding hydrogens is 386 g/mol. The Kier molecular flexibility index (Phi) is 6.90. The van der Waals surface area contributed by atoms with Crippen LogP contribution < -0.4 is 0 Å². The minimum atomic E-state index is -4.89. The van der Waals surface area contributed by atoms with Crippen LogP contribution in [0.3, 0.4) is 0 Å². The molecular formula is C20H18F6O2. The van der Waals surface area contributed by atoms with Crippen LogP contribution in [0.25, 0.3) is 5.57 Å². The van der Waals surface area contributed by atoms with E-state index in [1.807, 2.05) is 0 Å². The molecule has 0 radical (unpaired) electrons. The van der Waals surface area contributed by atoms with Gasteiger partial charge in [0.1, 0.15) is 0 Å². The van der Waals surface area contributed by atoms with E-state index < -0.39 is 30.1 Å². The lowest BCUT2D eigenvalue weighted by Crippen LogP contribution is -2.12. The third kappa shape index (κ3) is 5.84. The molecule has 1 N–H and O–H groups in total. The van der Waals surface area contributed by atoms with Crippen LogP contribution in [0.5, 0.6) is 0 Å². The van der Waals surface area contributed by atoms with Gasteiger partial charge in [0, 0.05) is 0 Å². The largest absolute Gasteiger partial charge is 0.416 e. The monoisotopic (exact) mass is 404 g/mol. The van der Waals surface area contributed by atoms with E-state index in [0.717, 1.165) is 11.1 Å². The average molecular weight is 404 g/mol. The summed E-state index contributed by atoms with van der Waals surface area (Å²) in [6.45, 7) is 1.19. The molecule has 0 amide bonds. The van der Waals surface area contributed by atoms with E-state index in [1.54, 1.807) is 37.3 Å². The van der Waals surface area contributed by atoms with Gasteiger partial charge < -0.3 is 9.84 Å². The normalized spacial score (nSPS) is 13.1. The van der Waals surface area contributed by atoms with Gasteiger partial charge in [0.05, 0.1) is 30.9 Å². The van der Waals surface area contributed by atoms with Crippen molar-refractivity contribution in [1.29, 1.82) is 0 Å². The van der Waals surface area contributed by atoms with Gasteiger partial charge in [0.25, 0.3) is 0 Å². The first-order valence-corrected chi connectivity index (χ1v) is 8.24. The Bertz CT molecular complexity index is 805. The van der Waals surface area contributed by atoms with Crippen LogP contribution in [-0.2, 0) is 30.3 Å². The number of hydrogen-bond donors (Lipinski definition) is 1. The highest BCUT2D eigenvalue weighted by atomic mass is 19.4. The Morgan fingerprint density at radius 3 is 2.07 bits per heavy atom. The van der Waals surface area contributed by atoms with Crippen molar-refractivity contribution in [3.8, 4) is 0 Å². The van der Waals surface area contributed by atoms with E-state index >= 15 is 0 Å². The molecule has 0 aliphatic rings. The van der Waals surface area contributed by atoms with E-state index in [0.29, 0.717) is 17.7 Å². The number of halogens is 6. The fourth-order valence-corrected chi connectivity index (χ4v) is 2.62. The predicted molar refractivity (Wildman–Crippen MR) is 92.1 cm³/mol. The second-order valence-electron chi connectivity index (χ2n) is 6.13. The van der Waals surface area contributed by atoms with Crippen molar-refractivity contribution >= 4 is 5.57 Å². The SMILES string of the molecule is CC(=CCOCc1cc(C(F)(F)F)cc(C(F)(F)F)c1)c1ccccc1CO. The molecule has 0 fully saturated rings. The van der Waals surface area contributed by atoms with Gasteiger partial charge in [-0.2, -0.15) is 26.3 Å². The average Bonchev–Trinajstić information content (AvgIpc) is 2.63. The topological polar surface area (TPSA) is 29.5 Å². The number of aliphatic hydroxyl groups is 1. The van der Waals surface area contributed by atoms with Gasteiger partial charge in [-0.1, -0.05) is 30.3 Å². The summed E-state index contributed by atoms with van der Waals surface area (Å²) in [5.41, 5.74) is -0.710. The highest BCUT2D eigenvalue weighted by Crippen LogP contribution is 2.36. The van der Waals surface area contributed by atoms with Crippen LogP contribution >= 0.6 is 0 Å². The minimum Gasteiger partial charge on any atom is -0.392 e. The summed E-state index contributed by atoms with van der Waals surface area (Å²) in [4.78, 5) is 0.